The molecule has 9 heteroatoms. The molecular formula is C22H20F3N3O2S. The zero-order valence-corrected chi connectivity index (χ0v) is 17.6. The number of aliphatic hydroxyl groups is 1. The van der Waals surface area contributed by atoms with Crippen molar-refractivity contribution in [2.24, 2.45) is 0 Å². The highest BCUT2D eigenvalue weighted by molar-refractivity contribution is 7.19. The molecule has 0 aliphatic rings. The van der Waals surface area contributed by atoms with Crippen LogP contribution in [0.2, 0.25) is 0 Å². The predicted molar refractivity (Wildman–Crippen MR) is 115 cm³/mol. The molecule has 2 aromatic heterocycles. The number of hydrogen-bond acceptors (Lipinski definition) is 4. The number of nitrogens with one attached hydrogen (secondary N) is 1. The summed E-state index contributed by atoms with van der Waals surface area (Å²) in [5.41, 5.74) is 1.67. The largest absolute Gasteiger partial charge is 0.416 e. The van der Waals surface area contributed by atoms with Gasteiger partial charge in [-0.15, -0.1) is 11.3 Å². The lowest BCUT2D eigenvalue weighted by Gasteiger charge is -2.14. The van der Waals surface area contributed by atoms with Crippen LogP contribution in [0.4, 0.5) is 13.2 Å². The van der Waals surface area contributed by atoms with Gasteiger partial charge in [0.25, 0.3) is 5.91 Å². The molecule has 0 fully saturated rings. The van der Waals surface area contributed by atoms with E-state index in [9.17, 15) is 23.1 Å². The number of aryl methyl sites for hydroxylation is 1. The van der Waals surface area contributed by atoms with Crippen LogP contribution in [-0.2, 0) is 6.18 Å². The van der Waals surface area contributed by atoms with Crippen LogP contribution in [0.15, 0.2) is 42.5 Å². The van der Waals surface area contributed by atoms with E-state index in [4.69, 9.17) is 0 Å². The van der Waals surface area contributed by atoms with E-state index in [1.807, 2.05) is 13.8 Å². The van der Waals surface area contributed by atoms with Crippen molar-refractivity contribution in [3.8, 4) is 5.69 Å². The molecule has 0 radical (unpaired) electrons. The van der Waals surface area contributed by atoms with E-state index >= 15 is 0 Å². The summed E-state index contributed by atoms with van der Waals surface area (Å²) in [6.07, 6.45) is -3.80. The first-order chi connectivity index (χ1) is 14.7. The average molecular weight is 447 g/mol. The van der Waals surface area contributed by atoms with Crippen molar-refractivity contribution < 1.29 is 23.1 Å². The van der Waals surface area contributed by atoms with Crippen molar-refractivity contribution in [3.05, 3.63) is 58.6 Å². The number of hydrogen-bond donors (Lipinski definition) is 2. The minimum atomic E-state index is -4.41. The number of carbonyl (C=O) groups is 1. The van der Waals surface area contributed by atoms with E-state index in [1.165, 1.54) is 23.5 Å². The molecule has 0 spiro atoms. The minimum absolute atomic E-state index is 0.146. The zero-order chi connectivity index (χ0) is 22.3. The fourth-order valence-corrected chi connectivity index (χ4v) is 4.45. The molecule has 0 saturated heterocycles. The standard InChI is InChI=1S/C22H20F3N3O2S/c1-3-15(11-29)27-21(30)13-4-9-18-17(10-13)19-20(26-12(2)31-19)28(18)16-7-5-14(6-8-16)22(23,24)25/h4-10,15,29H,3,11H2,1-2H3,(H,27,30)/t15-/m1/s1. The molecule has 1 amide bonds. The molecule has 4 rings (SSSR count). The lowest BCUT2D eigenvalue weighted by molar-refractivity contribution is -0.137. The van der Waals surface area contributed by atoms with Crippen molar-refractivity contribution in [3.63, 3.8) is 0 Å². The van der Waals surface area contributed by atoms with Gasteiger partial charge in [-0.2, -0.15) is 13.2 Å². The highest BCUT2D eigenvalue weighted by Crippen LogP contribution is 2.37. The summed E-state index contributed by atoms with van der Waals surface area (Å²) in [6.45, 7) is 3.59. The van der Waals surface area contributed by atoms with Crippen molar-refractivity contribution in [2.45, 2.75) is 32.5 Å². The second kappa shape index (κ2) is 7.97. The average Bonchev–Trinajstić information content (AvgIpc) is 3.25. The van der Waals surface area contributed by atoms with E-state index in [0.717, 1.165) is 32.7 Å². The van der Waals surface area contributed by atoms with E-state index in [1.54, 1.807) is 22.8 Å². The third kappa shape index (κ3) is 3.90. The smallest absolute Gasteiger partial charge is 0.394 e. The van der Waals surface area contributed by atoms with Crippen LogP contribution in [-0.4, -0.2) is 33.2 Å². The molecule has 1 atom stereocenters. The Labute approximate surface area is 180 Å². The van der Waals surface area contributed by atoms with E-state index < -0.39 is 11.7 Å². The molecule has 0 unspecified atom stereocenters. The SMILES string of the molecule is CC[C@H](CO)NC(=O)c1ccc2c(c1)c1sc(C)nc1n2-c1ccc(C(F)(F)F)cc1. The Morgan fingerprint density at radius 1 is 1.23 bits per heavy atom. The van der Waals surface area contributed by atoms with Gasteiger partial charge in [0.05, 0.1) is 33.4 Å². The molecule has 0 aliphatic heterocycles. The van der Waals surface area contributed by atoms with Crippen LogP contribution in [0.5, 0.6) is 0 Å². The Morgan fingerprint density at radius 3 is 2.55 bits per heavy atom. The number of nitrogens with zero attached hydrogens (tertiary/aromatic N) is 2. The normalized spacial score (nSPS) is 13.1. The van der Waals surface area contributed by atoms with Crippen LogP contribution in [0, 0.1) is 6.92 Å². The van der Waals surface area contributed by atoms with Crippen molar-refractivity contribution in [2.75, 3.05) is 6.61 Å². The Bertz CT molecular complexity index is 1260. The number of carbonyl (C=O) groups excluding carboxylic acids is 1. The molecule has 0 saturated carbocycles. The molecule has 2 aromatic carbocycles. The third-order valence-corrected chi connectivity index (χ3v) is 6.17. The minimum Gasteiger partial charge on any atom is -0.394 e. The summed E-state index contributed by atoms with van der Waals surface area (Å²) in [5, 5.41) is 13.7. The number of benzene rings is 2. The topological polar surface area (TPSA) is 67.2 Å². The number of thiazole rings is 1. The fraction of sp³-hybridized carbons (Fsp3) is 0.273. The summed E-state index contributed by atoms with van der Waals surface area (Å²) in [7, 11) is 0. The molecule has 2 N–H and O–H groups in total. The van der Waals surface area contributed by atoms with Gasteiger partial charge in [-0.25, -0.2) is 4.98 Å². The number of amides is 1. The van der Waals surface area contributed by atoms with Gasteiger partial charge in [0.15, 0.2) is 5.65 Å². The van der Waals surface area contributed by atoms with Crippen LogP contribution < -0.4 is 5.32 Å². The van der Waals surface area contributed by atoms with Crippen molar-refractivity contribution in [1.82, 2.24) is 14.9 Å². The van der Waals surface area contributed by atoms with E-state index in [0.29, 0.717) is 23.3 Å². The second-order valence-electron chi connectivity index (χ2n) is 7.26. The predicted octanol–water partition coefficient (Wildman–Crippen LogP) is 5.07. The van der Waals surface area contributed by atoms with Crippen LogP contribution >= 0.6 is 11.3 Å². The van der Waals surface area contributed by atoms with Gasteiger partial charge in [0.1, 0.15) is 0 Å². The van der Waals surface area contributed by atoms with Gasteiger partial charge in [-0.05, 0) is 55.8 Å². The first-order valence-corrected chi connectivity index (χ1v) is 10.6. The van der Waals surface area contributed by atoms with Gasteiger partial charge >= 0.3 is 6.18 Å². The van der Waals surface area contributed by atoms with Crippen molar-refractivity contribution in [1.29, 1.82) is 0 Å². The number of fused-ring (bicyclic) bond motifs is 3. The highest BCUT2D eigenvalue weighted by atomic mass is 32.1. The maximum absolute atomic E-state index is 13.0. The van der Waals surface area contributed by atoms with Gasteiger partial charge in [-0.1, -0.05) is 6.92 Å². The van der Waals surface area contributed by atoms with Crippen molar-refractivity contribution >= 4 is 38.5 Å². The Morgan fingerprint density at radius 2 is 1.94 bits per heavy atom. The van der Waals surface area contributed by atoms with Crippen LogP contribution in [0.3, 0.4) is 0 Å². The molecule has 5 nitrogen and oxygen atoms in total. The van der Waals surface area contributed by atoms with Gasteiger partial charge in [0.2, 0.25) is 0 Å². The summed E-state index contributed by atoms with van der Waals surface area (Å²) < 4.78 is 41.5. The van der Waals surface area contributed by atoms with E-state index in [2.05, 4.69) is 10.3 Å². The zero-order valence-electron chi connectivity index (χ0n) is 16.8. The molecule has 162 valence electrons. The molecule has 2 heterocycles. The number of rotatable bonds is 5. The number of halogens is 3. The summed E-state index contributed by atoms with van der Waals surface area (Å²) in [5.74, 6) is -0.292. The Kier molecular flexibility index (Phi) is 5.49. The molecule has 4 aromatic rings. The highest BCUT2D eigenvalue weighted by Gasteiger charge is 2.30. The first-order valence-electron chi connectivity index (χ1n) is 9.74. The number of aromatic nitrogens is 2. The Balaban J connectivity index is 1.84. The fourth-order valence-electron chi connectivity index (χ4n) is 3.52. The Hall–Kier alpha value is -2.91. The number of aliphatic hydroxyl groups excluding tert-OH is 1. The molecule has 0 bridgehead atoms. The van der Waals surface area contributed by atoms with Gasteiger partial charge in [0, 0.05) is 16.6 Å². The maximum Gasteiger partial charge on any atom is 0.416 e. The summed E-state index contributed by atoms with van der Waals surface area (Å²) in [6, 6.07) is 9.81. The lowest BCUT2D eigenvalue weighted by atomic mass is 10.1. The monoisotopic (exact) mass is 447 g/mol. The third-order valence-electron chi connectivity index (χ3n) is 5.17. The molecule has 31 heavy (non-hydrogen) atoms. The lowest BCUT2D eigenvalue weighted by Crippen LogP contribution is -2.36. The number of alkyl halides is 3. The van der Waals surface area contributed by atoms with Gasteiger partial charge < -0.3 is 10.4 Å². The van der Waals surface area contributed by atoms with Gasteiger partial charge in [-0.3, -0.25) is 9.36 Å². The van der Waals surface area contributed by atoms with Crippen LogP contribution in [0.25, 0.3) is 26.9 Å². The second-order valence-corrected chi connectivity index (χ2v) is 8.46. The summed E-state index contributed by atoms with van der Waals surface area (Å²) >= 11 is 1.46. The quantitative estimate of drug-likeness (QED) is 0.449. The van der Waals surface area contributed by atoms with Crippen LogP contribution in [0.1, 0.15) is 34.3 Å². The first kappa shape index (κ1) is 21.3. The van der Waals surface area contributed by atoms with E-state index in [-0.39, 0.29) is 18.6 Å². The molecular weight excluding hydrogens is 427 g/mol. The summed E-state index contributed by atoms with van der Waals surface area (Å²) in [4.78, 5) is 17.2. The molecule has 0 aliphatic carbocycles. The maximum atomic E-state index is 13.0.